The summed E-state index contributed by atoms with van der Waals surface area (Å²) in [5.74, 6) is 0.0318. The number of amides is 1. The Bertz CT molecular complexity index is 594. The zero-order valence-electron chi connectivity index (χ0n) is 10.5. The molecule has 0 heterocycles. The highest BCUT2D eigenvalue weighted by Gasteiger charge is 2.05. The Morgan fingerprint density at radius 1 is 1.11 bits per heavy atom. The van der Waals surface area contributed by atoms with Crippen molar-refractivity contribution in [1.82, 2.24) is 0 Å². The molecule has 98 valence electrons. The van der Waals surface area contributed by atoms with E-state index in [0.717, 1.165) is 11.4 Å². The molecule has 0 spiro atoms. The fourth-order valence-corrected chi connectivity index (χ4v) is 1.66. The number of phenols is 1. The molecule has 0 unspecified atom stereocenters. The molecule has 19 heavy (non-hydrogen) atoms. The van der Waals surface area contributed by atoms with E-state index >= 15 is 0 Å². The van der Waals surface area contributed by atoms with Crippen molar-refractivity contribution >= 4 is 28.7 Å². The fraction of sp³-hybridized carbons (Fsp3) is 0.0714. The monoisotopic (exact) mass is 257 g/mol. The molecule has 0 aromatic heterocycles. The topological polar surface area (TPSA) is 87.4 Å². The third kappa shape index (κ3) is 3.38. The zero-order chi connectivity index (χ0) is 13.8. The molecule has 5 N–H and O–H groups in total. The van der Waals surface area contributed by atoms with Crippen LogP contribution in [-0.2, 0) is 4.79 Å². The Morgan fingerprint density at radius 3 is 2.42 bits per heavy atom. The van der Waals surface area contributed by atoms with E-state index in [1.54, 1.807) is 42.5 Å². The zero-order valence-corrected chi connectivity index (χ0v) is 10.5. The molecule has 2 aromatic rings. The SMILES string of the molecule is CC(=O)Nc1cc(N)ccc1Nc1ccc(O)cc1. The second-order valence-corrected chi connectivity index (χ2v) is 4.16. The molecule has 0 fully saturated rings. The second kappa shape index (κ2) is 5.30. The number of rotatable bonds is 3. The van der Waals surface area contributed by atoms with Crippen molar-refractivity contribution < 1.29 is 9.90 Å². The molecule has 0 radical (unpaired) electrons. The molecular formula is C14H15N3O2. The first-order chi connectivity index (χ1) is 9.04. The van der Waals surface area contributed by atoms with Gasteiger partial charge in [0.15, 0.2) is 0 Å². The number of nitrogens with one attached hydrogen (secondary N) is 2. The van der Waals surface area contributed by atoms with Crippen LogP contribution in [0.2, 0.25) is 0 Å². The van der Waals surface area contributed by atoms with Crippen molar-refractivity contribution in [1.29, 1.82) is 0 Å². The normalized spacial score (nSPS) is 9.95. The van der Waals surface area contributed by atoms with E-state index < -0.39 is 0 Å². The van der Waals surface area contributed by atoms with Crippen molar-refractivity contribution in [2.75, 3.05) is 16.4 Å². The van der Waals surface area contributed by atoms with Crippen molar-refractivity contribution in [2.45, 2.75) is 6.92 Å². The molecule has 0 atom stereocenters. The van der Waals surface area contributed by atoms with Crippen LogP contribution in [0.1, 0.15) is 6.92 Å². The molecule has 5 nitrogen and oxygen atoms in total. The van der Waals surface area contributed by atoms with Gasteiger partial charge in [-0.2, -0.15) is 0 Å². The lowest BCUT2D eigenvalue weighted by Crippen LogP contribution is -2.08. The first-order valence-corrected chi connectivity index (χ1v) is 5.78. The highest BCUT2D eigenvalue weighted by atomic mass is 16.3. The standard InChI is InChI=1S/C14H15N3O2/c1-9(18)16-14-8-10(15)2-7-13(14)17-11-3-5-12(19)6-4-11/h2-8,17,19H,15H2,1H3,(H,16,18). The van der Waals surface area contributed by atoms with Gasteiger partial charge in [0, 0.05) is 18.3 Å². The number of nitrogens with two attached hydrogens (primary N) is 1. The minimum atomic E-state index is -0.167. The van der Waals surface area contributed by atoms with E-state index in [-0.39, 0.29) is 11.7 Å². The van der Waals surface area contributed by atoms with E-state index in [9.17, 15) is 9.90 Å². The van der Waals surface area contributed by atoms with E-state index in [4.69, 9.17) is 5.73 Å². The van der Waals surface area contributed by atoms with E-state index in [1.807, 2.05) is 0 Å². The van der Waals surface area contributed by atoms with E-state index in [0.29, 0.717) is 11.4 Å². The molecule has 0 aliphatic rings. The van der Waals surface area contributed by atoms with Gasteiger partial charge in [0.1, 0.15) is 5.75 Å². The Kier molecular flexibility index (Phi) is 3.56. The van der Waals surface area contributed by atoms with Gasteiger partial charge in [0.2, 0.25) is 5.91 Å². The number of hydrogen-bond acceptors (Lipinski definition) is 4. The van der Waals surface area contributed by atoms with Gasteiger partial charge in [-0.05, 0) is 42.5 Å². The Morgan fingerprint density at radius 2 is 1.79 bits per heavy atom. The molecule has 2 rings (SSSR count). The number of nitrogen functional groups attached to an aromatic ring is 1. The number of hydrogen-bond donors (Lipinski definition) is 4. The highest BCUT2D eigenvalue weighted by molar-refractivity contribution is 5.94. The van der Waals surface area contributed by atoms with Crippen LogP contribution < -0.4 is 16.4 Å². The molecule has 0 aliphatic heterocycles. The molecule has 0 aliphatic carbocycles. The number of carbonyl (C=O) groups is 1. The van der Waals surface area contributed by atoms with Crippen LogP contribution in [0.5, 0.6) is 5.75 Å². The number of aromatic hydroxyl groups is 1. The van der Waals surface area contributed by atoms with E-state index in [1.165, 1.54) is 6.92 Å². The highest BCUT2D eigenvalue weighted by Crippen LogP contribution is 2.28. The van der Waals surface area contributed by atoms with Crippen LogP contribution >= 0.6 is 0 Å². The number of anilines is 4. The molecular weight excluding hydrogens is 242 g/mol. The van der Waals surface area contributed by atoms with Crippen LogP contribution in [0.4, 0.5) is 22.7 Å². The van der Waals surface area contributed by atoms with Crippen LogP contribution in [0, 0.1) is 0 Å². The molecule has 0 saturated heterocycles. The van der Waals surface area contributed by atoms with Crippen molar-refractivity contribution in [2.24, 2.45) is 0 Å². The summed E-state index contributed by atoms with van der Waals surface area (Å²) in [5.41, 5.74) is 8.42. The summed E-state index contributed by atoms with van der Waals surface area (Å²) in [6, 6.07) is 11.9. The Balaban J connectivity index is 2.28. The summed E-state index contributed by atoms with van der Waals surface area (Å²) in [6.07, 6.45) is 0. The first-order valence-electron chi connectivity index (χ1n) is 5.78. The summed E-state index contributed by atoms with van der Waals surface area (Å²) in [4.78, 5) is 11.2. The van der Waals surface area contributed by atoms with Gasteiger partial charge in [0.05, 0.1) is 11.4 Å². The first kappa shape index (κ1) is 12.8. The lowest BCUT2D eigenvalue weighted by Gasteiger charge is -2.13. The summed E-state index contributed by atoms with van der Waals surface area (Å²) in [6.45, 7) is 1.44. The van der Waals surface area contributed by atoms with E-state index in [2.05, 4.69) is 10.6 Å². The predicted octanol–water partition coefficient (Wildman–Crippen LogP) is 2.68. The number of benzene rings is 2. The molecule has 1 amide bonds. The molecule has 2 aromatic carbocycles. The average Bonchev–Trinajstić information content (AvgIpc) is 2.34. The molecule has 0 bridgehead atoms. The molecule has 5 heteroatoms. The van der Waals surface area contributed by atoms with Gasteiger partial charge in [0.25, 0.3) is 0 Å². The maximum Gasteiger partial charge on any atom is 0.221 e. The van der Waals surface area contributed by atoms with Gasteiger partial charge in [-0.3, -0.25) is 4.79 Å². The Hall–Kier alpha value is -2.69. The summed E-state index contributed by atoms with van der Waals surface area (Å²) >= 11 is 0. The van der Waals surface area contributed by atoms with Gasteiger partial charge >= 0.3 is 0 Å². The minimum Gasteiger partial charge on any atom is -0.508 e. The van der Waals surface area contributed by atoms with Crippen LogP contribution in [0.15, 0.2) is 42.5 Å². The lowest BCUT2D eigenvalue weighted by molar-refractivity contribution is -0.114. The minimum absolute atomic E-state index is 0.167. The third-order valence-corrected chi connectivity index (χ3v) is 2.50. The number of carbonyl (C=O) groups excluding carboxylic acids is 1. The van der Waals surface area contributed by atoms with Gasteiger partial charge in [-0.1, -0.05) is 0 Å². The Labute approximate surface area is 111 Å². The maximum absolute atomic E-state index is 11.2. The smallest absolute Gasteiger partial charge is 0.221 e. The van der Waals surface area contributed by atoms with Gasteiger partial charge < -0.3 is 21.5 Å². The van der Waals surface area contributed by atoms with Crippen molar-refractivity contribution in [3.05, 3.63) is 42.5 Å². The van der Waals surface area contributed by atoms with Crippen molar-refractivity contribution in [3.63, 3.8) is 0 Å². The largest absolute Gasteiger partial charge is 0.508 e. The predicted molar refractivity (Wildman–Crippen MR) is 76.5 cm³/mol. The van der Waals surface area contributed by atoms with Gasteiger partial charge in [-0.15, -0.1) is 0 Å². The average molecular weight is 257 g/mol. The van der Waals surface area contributed by atoms with Crippen LogP contribution in [0.25, 0.3) is 0 Å². The summed E-state index contributed by atoms with van der Waals surface area (Å²) < 4.78 is 0. The molecule has 0 saturated carbocycles. The summed E-state index contributed by atoms with van der Waals surface area (Å²) in [7, 11) is 0. The fourth-order valence-electron chi connectivity index (χ4n) is 1.66. The van der Waals surface area contributed by atoms with Crippen molar-refractivity contribution in [3.8, 4) is 5.75 Å². The quantitative estimate of drug-likeness (QED) is 0.503. The van der Waals surface area contributed by atoms with Crippen LogP contribution in [-0.4, -0.2) is 11.0 Å². The number of phenolic OH excluding ortho intramolecular Hbond substituents is 1. The second-order valence-electron chi connectivity index (χ2n) is 4.16. The maximum atomic E-state index is 11.2. The van der Waals surface area contributed by atoms with Gasteiger partial charge in [-0.25, -0.2) is 0 Å². The third-order valence-electron chi connectivity index (χ3n) is 2.50. The van der Waals surface area contributed by atoms with Crippen LogP contribution in [0.3, 0.4) is 0 Å². The summed E-state index contributed by atoms with van der Waals surface area (Å²) in [5, 5.41) is 15.1. The lowest BCUT2D eigenvalue weighted by atomic mass is 10.2.